The van der Waals surface area contributed by atoms with E-state index in [4.69, 9.17) is 9.47 Å². The van der Waals surface area contributed by atoms with Crippen LogP contribution in [-0.2, 0) is 6.54 Å². The Morgan fingerprint density at radius 3 is 2.39 bits per heavy atom. The third-order valence-electron chi connectivity index (χ3n) is 5.32. The van der Waals surface area contributed by atoms with Gasteiger partial charge in [0.25, 0.3) is 5.91 Å². The number of carbonyl (C=O) groups is 1. The molecule has 0 spiro atoms. The van der Waals surface area contributed by atoms with E-state index < -0.39 is 0 Å². The van der Waals surface area contributed by atoms with Crippen molar-refractivity contribution in [2.75, 3.05) is 27.3 Å². The third kappa shape index (κ3) is 5.04. The minimum absolute atomic E-state index is 0.0955. The second-order valence-corrected chi connectivity index (χ2v) is 7.34. The molecule has 28 heavy (non-hydrogen) atoms. The lowest BCUT2D eigenvalue weighted by Gasteiger charge is -2.26. The first-order chi connectivity index (χ1) is 13.6. The lowest BCUT2D eigenvalue weighted by molar-refractivity contribution is 0.0939. The molecule has 1 aliphatic rings. The predicted octanol–water partition coefficient (Wildman–Crippen LogP) is 4.18. The number of amides is 1. The molecule has 2 aromatic rings. The van der Waals surface area contributed by atoms with Crippen molar-refractivity contribution in [3.8, 4) is 11.5 Å². The van der Waals surface area contributed by atoms with Gasteiger partial charge in [-0.2, -0.15) is 0 Å². The van der Waals surface area contributed by atoms with Gasteiger partial charge in [0.1, 0.15) is 11.5 Å². The van der Waals surface area contributed by atoms with Gasteiger partial charge >= 0.3 is 0 Å². The molecule has 0 bridgehead atoms. The Morgan fingerprint density at radius 2 is 1.75 bits per heavy atom. The van der Waals surface area contributed by atoms with Crippen LogP contribution in [-0.4, -0.2) is 38.1 Å². The molecule has 5 heteroatoms. The zero-order valence-electron chi connectivity index (χ0n) is 17.0. The summed E-state index contributed by atoms with van der Waals surface area (Å²) in [4.78, 5) is 15.2. The van der Waals surface area contributed by atoms with Gasteiger partial charge in [-0.05, 0) is 68.8 Å². The molecular weight excluding hydrogens is 352 g/mol. The number of nitrogens with zero attached hydrogens (tertiary/aromatic N) is 1. The molecule has 3 rings (SSSR count). The molecule has 0 aromatic heterocycles. The van der Waals surface area contributed by atoms with Crippen LogP contribution in [0.1, 0.15) is 53.7 Å². The molecule has 1 amide bonds. The number of carbonyl (C=O) groups excluding carboxylic acids is 1. The van der Waals surface area contributed by atoms with Crippen LogP contribution < -0.4 is 14.8 Å². The average molecular weight is 383 g/mol. The van der Waals surface area contributed by atoms with Crippen molar-refractivity contribution in [3.63, 3.8) is 0 Å². The number of hydrogen-bond acceptors (Lipinski definition) is 4. The van der Waals surface area contributed by atoms with Crippen molar-refractivity contribution in [1.29, 1.82) is 0 Å². The molecule has 1 fully saturated rings. The van der Waals surface area contributed by atoms with Gasteiger partial charge in [-0.25, -0.2) is 0 Å². The van der Waals surface area contributed by atoms with Crippen LogP contribution in [0.25, 0.3) is 0 Å². The van der Waals surface area contributed by atoms with Gasteiger partial charge in [0.2, 0.25) is 0 Å². The maximum absolute atomic E-state index is 12.7. The Morgan fingerprint density at radius 1 is 1.04 bits per heavy atom. The summed E-state index contributed by atoms with van der Waals surface area (Å²) < 4.78 is 10.7. The van der Waals surface area contributed by atoms with Crippen LogP contribution >= 0.6 is 0 Å². The summed E-state index contributed by atoms with van der Waals surface area (Å²) in [6.07, 6.45) is 3.91. The Labute approximate surface area is 167 Å². The predicted molar refractivity (Wildman–Crippen MR) is 111 cm³/mol. The van der Waals surface area contributed by atoms with Crippen molar-refractivity contribution in [2.45, 2.75) is 38.8 Å². The molecule has 2 aromatic carbocycles. The zero-order chi connectivity index (χ0) is 19.9. The molecule has 1 saturated heterocycles. The van der Waals surface area contributed by atoms with Gasteiger partial charge in [0, 0.05) is 17.7 Å². The number of methoxy groups -OCH3 is 2. The van der Waals surface area contributed by atoms with Gasteiger partial charge in [-0.1, -0.05) is 18.6 Å². The second-order valence-electron chi connectivity index (χ2n) is 7.34. The fourth-order valence-electron chi connectivity index (χ4n) is 3.67. The molecule has 0 aliphatic carbocycles. The molecule has 1 heterocycles. The van der Waals surface area contributed by atoms with Gasteiger partial charge < -0.3 is 14.8 Å². The quantitative estimate of drug-likeness (QED) is 0.780. The Balaban J connectivity index is 1.64. The van der Waals surface area contributed by atoms with Crippen LogP contribution in [0, 0.1) is 0 Å². The van der Waals surface area contributed by atoms with Crippen molar-refractivity contribution in [2.24, 2.45) is 0 Å². The number of benzene rings is 2. The van der Waals surface area contributed by atoms with E-state index in [1.807, 2.05) is 37.3 Å². The molecule has 1 N–H and O–H groups in total. The first kappa shape index (κ1) is 20.2. The van der Waals surface area contributed by atoms with Crippen LogP contribution in [0.5, 0.6) is 11.5 Å². The number of rotatable bonds is 7. The summed E-state index contributed by atoms with van der Waals surface area (Å²) in [6, 6.07) is 13.3. The molecule has 1 aliphatic heterocycles. The molecular formula is C23H30N2O3. The summed E-state index contributed by atoms with van der Waals surface area (Å²) in [5, 5.41) is 3.05. The van der Waals surface area contributed by atoms with Crippen molar-refractivity contribution in [3.05, 3.63) is 59.2 Å². The number of likely N-dealkylation sites (tertiary alicyclic amines) is 1. The van der Waals surface area contributed by atoms with Gasteiger partial charge in [-0.15, -0.1) is 0 Å². The number of ether oxygens (including phenoxy) is 2. The van der Waals surface area contributed by atoms with Crippen molar-refractivity contribution < 1.29 is 14.3 Å². The van der Waals surface area contributed by atoms with E-state index in [0.29, 0.717) is 5.56 Å². The Hall–Kier alpha value is -2.53. The fourth-order valence-corrected chi connectivity index (χ4v) is 3.67. The van der Waals surface area contributed by atoms with Crippen LogP contribution in [0.15, 0.2) is 42.5 Å². The maximum Gasteiger partial charge on any atom is 0.251 e. The topological polar surface area (TPSA) is 50.8 Å². The van der Waals surface area contributed by atoms with Crippen LogP contribution in [0.3, 0.4) is 0 Å². The monoisotopic (exact) mass is 382 g/mol. The highest BCUT2D eigenvalue weighted by atomic mass is 16.5. The SMILES string of the molecule is COc1ccc(OC)c([C@@H](C)NC(=O)c2ccc(CN3CCCCC3)cc2)c1. The second kappa shape index (κ2) is 9.60. The van der Waals surface area contributed by atoms with Crippen molar-refractivity contribution in [1.82, 2.24) is 10.2 Å². The van der Waals surface area contributed by atoms with Crippen molar-refractivity contribution >= 4 is 5.91 Å². The van der Waals surface area contributed by atoms with E-state index in [0.717, 1.165) is 23.6 Å². The summed E-state index contributed by atoms with van der Waals surface area (Å²) in [7, 11) is 3.25. The number of hydrogen-bond donors (Lipinski definition) is 1. The minimum atomic E-state index is -0.203. The maximum atomic E-state index is 12.7. The largest absolute Gasteiger partial charge is 0.497 e. The Kier molecular flexibility index (Phi) is 6.93. The average Bonchev–Trinajstić information content (AvgIpc) is 2.74. The summed E-state index contributed by atoms with van der Waals surface area (Å²) in [5.41, 5.74) is 2.80. The van der Waals surface area contributed by atoms with E-state index >= 15 is 0 Å². The van der Waals surface area contributed by atoms with E-state index in [1.54, 1.807) is 14.2 Å². The normalized spacial score (nSPS) is 15.7. The standard InChI is InChI=1S/C23H30N2O3/c1-17(21-15-20(27-2)11-12-22(21)28-3)24-23(26)19-9-7-18(8-10-19)16-25-13-5-4-6-14-25/h7-12,15,17H,4-6,13-14,16H2,1-3H3,(H,24,26)/t17-/m1/s1. The van der Waals surface area contributed by atoms with Gasteiger partial charge in [-0.3, -0.25) is 9.69 Å². The number of nitrogens with one attached hydrogen (secondary N) is 1. The molecule has 0 unspecified atom stereocenters. The number of piperidine rings is 1. The van der Waals surface area contributed by atoms with E-state index in [-0.39, 0.29) is 11.9 Å². The summed E-state index contributed by atoms with van der Waals surface area (Å²) in [6.45, 7) is 5.24. The molecule has 0 radical (unpaired) electrons. The van der Waals surface area contributed by atoms with E-state index in [1.165, 1.54) is 37.9 Å². The molecule has 150 valence electrons. The fraction of sp³-hybridized carbons (Fsp3) is 0.435. The first-order valence-electron chi connectivity index (χ1n) is 9.95. The molecule has 1 atom stereocenters. The minimum Gasteiger partial charge on any atom is -0.497 e. The summed E-state index contributed by atoms with van der Waals surface area (Å²) in [5.74, 6) is 1.37. The van der Waals surface area contributed by atoms with E-state index in [9.17, 15) is 4.79 Å². The zero-order valence-corrected chi connectivity index (χ0v) is 17.0. The molecule has 0 saturated carbocycles. The highest BCUT2D eigenvalue weighted by Crippen LogP contribution is 2.29. The van der Waals surface area contributed by atoms with Gasteiger partial charge in [0.15, 0.2) is 0 Å². The third-order valence-corrected chi connectivity index (χ3v) is 5.32. The molecule has 5 nitrogen and oxygen atoms in total. The van der Waals surface area contributed by atoms with Crippen LogP contribution in [0.4, 0.5) is 0 Å². The highest BCUT2D eigenvalue weighted by Gasteiger charge is 2.17. The van der Waals surface area contributed by atoms with E-state index in [2.05, 4.69) is 22.3 Å². The lowest BCUT2D eigenvalue weighted by Crippen LogP contribution is -2.29. The lowest BCUT2D eigenvalue weighted by atomic mass is 10.1. The smallest absolute Gasteiger partial charge is 0.251 e. The highest BCUT2D eigenvalue weighted by molar-refractivity contribution is 5.94. The first-order valence-corrected chi connectivity index (χ1v) is 9.95. The van der Waals surface area contributed by atoms with Crippen LogP contribution in [0.2, 0.25) is 0 Å². The van der Waals surface area contributed by atoms with Gasteiger partial charge in [0.05, 0.1) is 20.3 Å². The summed E-state index contributed by atoms with van der Waals surface area (Å²) >= 11 is 0. The Bertz CT molecular complexity index is 783.